The predicted octanol–water partition coefficient (Wildman–Crippen LogP) is -1.59. The van der Waals surface area contributed by atoms with Gasteiger partial charge in [0.05, 0.1) is 0 Å². The fourth-order valence-corrected chi connectivity index (χ4v) is 0.664. The van der Waals surface area contributed by atoms with Gasteiger partial charge in [-0.25, -0.2) is 4.79 Å². The van der Waals surface area contributed by atoms with Gasteiger partial charge in [0.2, 0.25) is 5.91 Å². The van der Waals surface area contributed by atoms with Crippen molar-refractivity contribution in [2.75, 3.05) is 0 Å². The van der Waals surface area contributed by atoms with Gasteiger partial charge in [0, 0.05) is 0 Å². The van der Waals surface area contributed by atoms with E-state index < -0.39 is 17.9 Å². The zero-order valence-electron chi connectivity index (χ0n) is 5.40. The van der Waals surface area contributed by atoms with Gasteiger partial charge in [-0.3, -0.25) is 10.1 Å². The summed E-state index contributed by atoms with van der Waals surface area (Å²) in [5.41, 5.74) is 5.11. The van der Waals surface area contributed by atoms with Crippen LogP contribution in [0.1, 0.15) is 0 Å². The van der Waals surface area contributed by atoms with Crippen molar-refractivity contribution < 1.29 is 14.4 Å². The summed E-state index contributed by atoms with van der Waals surface area (Å²) in [5.74, 6) is -2.10. The second kappa shape index (κ2) is 2.49. The van der Waals surface area contributed by atoms with Gasteiger partial charge in [0.1, 0.15) is 12.1 Å². The normalized spacial score (nSPS) is 24.0. The standard InChI is InChI=1S/C5H5N3O3/c6-3-2(1-9)4(10)8-5(11)7-3/h1-2H,(H3,6,7,8,10,11)/t2-/m0/s1. The number of rotatable bonds is 1. The minimum Gasteiger partial charge on any atom is -0.386 e. The number of amides is 3. The highest BCUT2D eigenvalue weighted by Gasteiger charge is 2.28. The number of nitrogens with two attached hydrogens (primary N) is 1. The molecule has 0 fully saturated rings. The second-order valence-electron chi connectivity index (χ2n) is 1.94. The van der Waals surface area contributed by atoms with Crippen molar-refractivity contribution >= 4 is 24.1 Å². The number of carbonyl (C=O) groups is 3. The van der Waals surface area contributed by atoms with Gasteiger partial charge in [-0.05, 0) is 0 Å². The monoisotopic (exact) mass is 155 g/mol. The summed E-state index contributed by atoms with van der Waals surface area (Å²) in [6.07, 6.45) is 0.334. The van der Waals surface area contributed by atoms with E-state index in [9.17, 15) is 14.4 Å². The molecule has 0 unspecified atom stereocenters. The number of carbonyl (C=O) groups excluding carboxylic acids is 3. The molecule has 0 saturated carbocycles. The Balaban J connectivity index is 2.97. The molecule has 1 heterocycles. The Morgan fingerprint density at radius 2 is 2.18 bits per heavy atom. The summed E-state index contributed by atoms with van der Waals surface area (Å²) in [7, 11) is 0. The number of aliphatic imine (C=N–C) groups is 1. The van der Waals surface area contributed by atoms with Gasteiger partial charge in [-0.2, -0.15) is 4.99 Å². The first-order chi connectivity index (χ1) is 5.15. The van der Waals surface area contributed by atoms with Gasteiger partial charge < -0.3 is 10.5 Å². The Labute approximate surface area is 61.5 Å². The largest absolute Gasteiger partial charge is 0.386 e. The molecule has 0 aromatic rings. The van der Waals surface area contributed by atoms with Crippen LogP contribution >= 0.6 is 0 Å². The third-order valence-electron chi connectivity index (χ3n) is 1.20. The maximum absolute atomic E-state index is 10.7. The van der Waals surface area contributed by atoms with Crippen molar-refractivity contribution in [3.63, 3.8) is 0 Å². The number of hydrogen-bond donors (Lipinski definition) is 2. The Hall–Kier alpha value is -1.72. The fourth-order valence-electron chi connectivity index (χ4n) is 0.664. The van der Waals surface area contributed by atoms with Crippen molar-refractivity contribution in [1.82, 2.24) is 5.32 Å². The summed E-state index contributed by atoms with van der Waals surface area (Å²) < 4.78 is 0. The van der Waals surface area contributed by atoms with Crippen LogP contribution in [0, 0.1) is 5.92 Å². The molecule has 58 valence electrons. The SMILES string of the molecule is NC1=NC(=O)NC(=O)[C@H]1C=O. The van der Waals surface area contributed by atoms with Crippen molar-refractivity contribution in [2.24, 2.45) is 16.6 Å². The van der Waals surface area contributed by atoms with Gasteiger partial charge >= 0.3 is 6.03 Å². The number of aldehydes is 1. The van der Waals surface area contributed by atoms with Crippen molar-refractivity contribution in [3.05, 3.63) is 0 Å². The molecule has 0 aromatic carbocycles. The number of hydrogen-bond acceptors (Lipinski definition) is 4. The number of amidine groups is 1. The number of imide groups is 1. The molecule has 1 rings (SSSR count). The van der Waals surface area contributed by atoms with Gasteiger partial charge in [-0.1, -0.05) is 0 Å². The van der Waals surface area contributed by atoms with Crippen LogP contribution in [0.4, 0.5) is 4.79 Å². The first-order valence-electron chi connectivity index (χ1n) is 2.79. The van der Waals surface area contributed by atoms with E-state index in [0.717, 1.165) is 0 Å². The fraction of sp³-hybridized carbons (Fsp3) is 0.200. The van der Waals surface area contributed by atoms with Crippen LogP contribution in [0.2, 0.25) is 0 Å². The molecule has 11 heavy (non-hydrogen) atoms. The van der Waals surface area contributed by atoms with E-state index in [4.69, 9.17) is 5.73 Å². The maximum Gasteiger partial charge on any atom is 0.349 e. The van der Waals surface area contributed by atoms with Gasteiger partial charge in [0.25, 0.3) is 0 Å². The zero-order valence-corrected chi connectivity index (χ0v) is 5.40. The first kappa shape index (κ1) is 7.39. The molecule has 6 heteroatoms. The maximum atomic E-state index is 10.7. The minimum absolute atomic E-state index is 0.256. The van der Waals surface area contributed by atoms with Crippen molar-refractivity contribution in [1.29, 1.82) is 0 Å². The molecular weight excluding hydrogens is 150 g/mol. The molecule has 0 radical (unpaired) electrons. The third-order valence-corrected chi connectivity index (χ3v) is 1.20. The lowest BCUT2D eigenvalue weighted by molar-refractivity contribution is -0.125. The lowest BCUT2D eigenvalue weighted by Gasteiger charge is -2.12. The van der Waals surface area contributed by atoms with E-state index in [1.165, 1.54) is 0 Å². The van der Waals surface area contributed by atoms with E-state index in [1.54, 1.807) is 0 Å². The summed E-state index contributed by atoms with van der Waals surface area (Å²) in [5, 5.41) is 1.83. The first-order valence-corrected chi connectivity index (χ1v) is 2.79. The van der Waals surface area contributed by atoms with Crippen LogP contribution in [0.25, 0.3) is 0 Å². The minimum atomic E-state index is -1.12. The second-order valence-corrected chi connectivity index (χ2v) is 1.94. The molecule has 1 aliphatic heterocycles. The topological polar surface area (TPSA) is 102 Å². The molecule has 3 amide bonds. The predicted molar refractivity (Wildman–Crippen MR) is 34.7 cm³/mol. The molecule has 0 bridgehead atoms. The highest BCUT2D eigenvalue weighted by molar-refractivity contribution is 6.22. The highest BCUT2D eigenvalue weighted by Crippen LogP contribution is 1.98. The molecule has 0 aromatic heterocycles. The Bertz CT molecular complexity index is 258. The van der Waals surface area contributed by atoms with E-state index >= 15 is 0 Å². The average Bonchev–Trinajstić information content (AvgIpc) is 1.85. The summed E-state index contributed by atoms with van der Waals surface area (Å²) in [6, 6.07) is -0.828. The molecule has 1 aliphatic rings. The molecule has 1 atom stereocenters. The average molecular weight is 155 g/mol. The van der Waals surface area contributed by atoms with E-state index in [0.29, 0.717) is 6.29 Å². The van der Waals surface area contributed by atoms with Gasteiger partial charge in [0.15, 0.2) is 5.92 Å². The quantitative estimate of drug-likeness (QED) is 0.352. The van der Waals surface area contributed by atoms with Crippen LogP contribution in [0.3, 0.4) is 0 Å². The molecule has 3 N–H and O–H groups in total. The Kier molecular flexibility index (Phi) is 1.67. The zero-order chi connectivity index (χ0) is 8.43. The number of urea groups is 1. The van der Waals surface area contributed by atoms with Gasteiger partial charge in [-0.15, -0.1) is 0 Å². The van der Waals surface area contributed by atoms with Crippen LogP contribution in [0.5, 0.6) is 0 Å². The molecule has 6 nitrogen and oxygen atoms in total. The van der Waals surface area contributed by atoms with E-state index in [-0.39, 0.29) is 5.84 Å². The van der Waals surface area contributed by atoms with Crippen LogP contribution in [-0.4, -0.2) is 24.1 Å². The lowest BCUT2D eigenvalue weighted by atomic mass is 10.1. The van der Waals surface area contributed by atoms with Crippen LogP contribution in [-0.2, 0) is 9.59 Å². The third kappa shape index (κ3) is 1.23. The molecule has 0 aliphatic carbocycles. The van der Waals surface area contributed by atoms with Crippen LogP contribution < -0.4 is 11.1 Å². The lowest BCUT2D eigenvalue weighted by Crippen LogP contribution is -2.46. The number of nitrogens with one attached hydrogen (secondary N) is 1. The summed E-state index contributed by atoms with van der Waals surface area (Å²) >= 11 is 0. The van der Waals surface area contributed by atoms with Crippen molar-refractivity contribution in [3.8, 4) is 0 Å². The Morgan fingerprint density at radius 3 is 2.64 bits per heavy atom. The molecule has 0 saturated heterocycles. The molecular formula is C5H5N3O3. The smallest absolute Gasteiger partial charge is 0.349 e. The van der Waals surface area contributed by atoms with Crippen LogP contribution in [0.15, 0.2) is 4.99 Å². The summed E-state index contributed by atoms with van der Waals surface area (Å²) in [6.45, 7) is 0. The highest BCUT2D eigenvalue weighted by atomic mass is 16.2. The van der Waals surface area contributed by atoms with E-state index in [2.05, 4.69) is 4.99 Å². The van der Waals surface area contributed by atoms with E-state index in [1.807, 2.05) is 5.32 Å². The molecule has 0 spiro atoms. The Morgan fingerprint density at radius 1 is 1.55 bits per heavy atom. The van der Waals surface area contributed by atoms with Crippen molar-refractivity contribution in [2.45, 2.75) is 0 Å². The number of nitrogens with zero attached hydrogens (tertiary/aromatic N) is 1. The summed E-state index contributed by atoms with van der Waals surface area (Å²) in [4.78, 5) is 34.5.